The first-order chi connectivity index (χ1) is 15.2. The third-order valence-electron chi connectivity index (χ3n) is 5.84. The van der Waals surface area contributed by atoms with E-state index in [1.807, 2.05) is 12.1 Å². The van der Waals surface area contributed by atoms with E-state index in [-0.39, 0.29) is 23.7 Å². The maximum absolute atomic E-state index is 13.1. The van der Waals surface area contributed by atoms with Gasteiger partial charge in [0, 0.05) is 23.2 Å². The van der Waals surface area contributed by atoms with Gasteiger partial charge in [0.15, 0.2) is 12.0 Å². The molecule has 9 heteroatoms. The molecule has 0 aromatic carbocycles. The summed E-state index contributed by atoms with van der Waals surface area (Å²) in [6.07, 6.45) is 3.89. The fourth-order valence-electron chi connectivity index (χ4n) is 3.99. The first-order valence-electron chi connectivity index (χ1n) is 10.7. The van der Waals surface area contributed by atoms with Crippen LogP contribution in [0.5, 0.6) is 0 Å². The van der Waals surface area contributed by atoms with Gasteiger partial charge >= 0.3 is 0 Å². The quantitative estimate of drug-likeness (QED) is 0.651. The molecule has 0 spiro atoms. The van der Waals surface area contributed by atoms with E-state index >= 15 is 0 Å². The Morgan fingerprint density at radius 3 is 2.69 bits per heavy atom. The minimum atomic E-state index is -1.04. The zero-order chi connectivity index (χ0) is 22.6. The van der Waals surface area contributed by atoms with Crippen LogP contribution in [0.2, 0.25) is 0 Å². The van der Waals surface area contributed by atoms with Crippen LogP contribution in [0.4, 0.5) is 16.0 Å². The zero-order valence-corrected chi connectivity index (χ0v) is 18.2. The predicted octanol–water partition coefficient (Wildman–Crippen LogP) is 3.43. The molecular weight excluding hydrogens is 411 g/mol. The Morgan fingerprint density at radius 2 is 2.03 bits per heavy atom. The minimum absolute atomic E-state index is 0.131. The van der Waals surface area contributed by atoms with Crippen LogP contribution in [0.25, 0.3) is 5.82 Å². The van der Waals surface area contributed by atoms with Gasteiger partial charge in [0.25, 0.3) is 0 Å². The van der Waals surface area contributed by atoms with Crippen LogP contribution in [0.3, 0.4) is 0 Å². The number of aliphatic hydroxyl groups is 1. The van der Waals surface area contributed by atoms with Crippen molar-refractivity contribution in [1.29, 1.82) is 0 Å². The van der Waals surface area contributed by atoms with Gasteiger partial charge in [-0.1, -0.05) is 20.8 Å². The highest BCUT2D eigenvalue weighted by Crippen LogP contribution is 2.47. The Balaban J connectivity index is 1.53. The number of aromatic nitrogens is 4. The molecule has 3 aromatic heterocycles. The summed E-state index contributed by atoms with van der Waals surface area (Å²) in [5.74, 6) is 0.965. The fourth-order valence-corrected chi connectivity index (χ4v) is 3.99. The van der Waals surface area contributed by atoms with Crippen LogP contribution < -0.4 is 10.2 Å². The standard InChI is InChI=1S/C23H25FN6O2/c1-23(2,3)16-10-19-29(12-18(31)27-17-7-6-14(24)11-26-17)22(32)20-15(13-4-5-13)8-9-25-21(20)30(19)28-16/h6-11,13,22,32H,4-5,12H2,1-3H3,(H,26,27,31). The molecule has 1 saturated carbocycles. The molecule has 1 aliphatic heterocycles. The Labute approximate surface area is 185 Å². The maximum Gasteiger partial charge on any atom is 0.245 e. The molecule has 166 valence electrons. The summed E-state index contributed by atoms with van der Waals surface area (Å²) < 4.78 is 14.8. The summed E-state index contributed by atoms with van der Waals surface area (Å²) in [5.41, 5.74) is 2.34. The molecule has 3 aromatic rings. The molecule has 5 rings (SSSR count). The molecule has 1 aliphatic carbocycles. The molecule has 1 unspecified atom stereocenters. The Hall–Kier alpha value is -3.33. The van der Waals surface area contributed by atoms with Crippen LogP contribution in [0, 0.1) is 5.82 Å². The van der Waals surface area contributed by atoms with E-state index < -0.39 is 12.0 Å². The number of aliphatic hydroxyl groups excluding tert-OH is 1. The third kappa shape index (κ3) is 3.62. The number of nitrogens with one attached hydrogen (secondary N) is 1. The van der Waals surface area contributed by atoms with Crippen molar-refractivity contribution >= 4 is 17.5 Å². The number of fused-ring (bicyclic) bond motifs is 3. The lowest BCUT2D eigenvalue weighted by Crippen LogP contribution is -2.41. The molecule has 1 atom stereocenters. The van der Waals surface area contributed by atoms with Crippen LogP contribution in [-0.2, 0) is 10.2 Å². The van der Waals surface area contributed by atoms with Crippen LogP contribution >= 0.6 is 0 Å². The minimum Gasteiger partial charge on any atom is -0.369 e. The Kier molecular flexibility index (Phi) is 4.74. The lowest BCUT2D eigenvalue weighted by Gasteiger charge is -2.35. The average molecular weight is 436 g/mol. The van der Waals surface area contributed by atoms with Gasteiger partial charge in [0.05, 0.1) is 11.9 Å². The highest BCUT2D eigenvalue weighted by atomic mass is 19.1. The lowest BCUT2D eigenvalue weighted by atomic mass is 9.92. The van der Waals surface area contributed by atoms with E-state index in [2.05, 4.69) is 36.1 Å². The molecular formula is C23H25FN6O2. The van der Waals surface area contributed by atoms with Crippen molar-refractivity contribution in [2.75, 3.05) is 16.8 Å². The number of halogens is 1. The maximum atomic E-state index is 13.1. The first kappa shape index (κ1) is 20.6. The van der Waals surface area contributed by atoms with Crippen molar-refractivity contribution < 1.29 is 14.3 Å². The van der Waals surface area contributed by atoms with Crippen molar-refractivity contribution in [3.63, 3.8) is 0 Å². The van der Waals surface area contributed by atoms with Crippen molar-refractivity contribution in [2.24, 2.45) is 0 Å². The smallest absolute Gasteiger partial charge is 0.245 e. The Morgan fingerprint density at radius 1 is 1.25 bits per heavy atom. The summed E-state index contributed by atoms with van der Waals surface area (Å²) in [6, 6.07) is 6.46. The van der Waals surface area contributed by atoms with E-state index in [9.17, 15) is 14.3 Å². The van der Waals surface area contributed by atoms with Gasteiger partial charge in [0.1, 0.15) is 24.0 Å². The molecule has 1 fully saturated rings. The first-order valence-corrected chi connectivity index (χ1v) is 10.7. The van der Waals surface area contributed by atoms with Crippen molar-refractivity contribution in [1.82, 2.24) is 19.7 Å². The summed E-state index contributed by atoms with van der Waals surface area (Å²) in [5, 5.41) is 18.8. The van der Waals surface area contributed by atoms with E-state index in [4.69, 9.17) is 5.10 Å². The number of carbonyl (C=O) groups is 1. The van der Waals surface area contributed by atoms with Gasteiger partial charge in [-0.05, 0) is 42.5 Å². The predicted molar refractivity (Wildman–Crippen MR) is 117 cm³/mol. The number of carbonyl (C=O) groups excluding carboxylic acids is 1. The number of anilines is 2. The van der Waals surface area contributed by atoms with E-state index in [1.165, 1.54) is 12.1 Å². The number of hydrogen-bond donors (Lipinski definition) is 2. The highest BCUT2D eigenvalue weighted by Gasteiger charge is 2.39. The van der Waals surface area contributed by atoms with Gasteiger partial charge in [-0.15, -0.1) is 0 Å². The Bertz CT molecular complexity index is 1180. The second-order valence-electron chi connectivity index (χ2n) is 9.37. The topological polar surface area (TPSA) is 96.2 Å². The zero-order valence-electron chi connectivity index (χ0n) is 18.2. The van der Waals surface area contributed by atoms with Crippen LogP contribution in [-0.4, -0.2) is 37.3 Å². The second kappa shape index (κ2) is 7.37. The van der Waals surface area contributed by atoms with E-state index in [1.54, 1.807) is 15.8 Å². The van der Waals surface area contributed by atoms with Gasteiger partial charge in [-0.25, -0.2) is 14.4 Å². The molecule has 0 radical (unpaired) electrons. The summed E-state index contributed by atoms with van der Waals surface area (Å²) in [4.78, 5) is 22.9. The molecule has 0 saturated heterocycles. The number of amides is 1. The van der Waals surface area contributed by atoms with Crippen molar-refractivity contribution in [3.8, 4) is 5.82 Å². The van der Waals surface area contributed by atoms with E-state index in [0.717, 1.165) is 30.3 Å². The third-order valence-corrected chi connectivity index (χ3v) is 5.84. The number of nitrogens with zero attached hydrogens (tertiary/aromatic N) is 5. The largest absolute Gasteiger partial charge is 0.369 e. The molecule has 0 bridgehead atoms. The molecule has 4 heterocycles. The normalized spacial score (nSPS) is 17.7. The number of pyridine rings is 2. The molecule has 2 aliphatic rings. The lowest BCUT2D eigenvalue weighted by molar-refractivity contribution is -0.115. The van der Waals surface area contributed by atoms with Crippen LogP contribution in [0.15, 0.2) is 36.7 Å². The summed E-state index contributed by atoms with van der Waals surface area (Å²) in [6.45, 7) is 6.05. The van der Waals surface area contributed by atoms with Gasteiger partial charge in [-0.3, -0.25) is 4.79 Å². The van der Waals surface area contributed by atoms with Crippen LogP contribution in [0.1, 0.15) is 62.6 Å². The molecule has 32 heavy (non-hydrogen) atoms. The van der Waals surface area contributed by atoms with Crippen molar-refractivity contribution in [2.45, 2.75) is 51.2 Å². The summed E-state index contributed by atoms with van der Waals surface area (Å²) >= 11 is 0. The second-order valence-corrected chi connectivity index (χ2v) is 9.37. The SMILES string of the molecule is CC(C)(C)c1cc2n(n1)-c1nccc(C3CC3)c1C(O)N2CC(=O)Nc1ccc(F)cn1. The monoisotopic (exact) mass is 436 g/mol. The van der Waals surface area contributed by atoms with Crippen molar-refractivity contribution in [3.05, 3.63) is 59.3 Å². The number of hydrogen-bond acceptors (Lipinski definition) is 6. The number of rotatable bonds is 4. The van der Waals surface area contributed by atoms with Gasteiger partial charge in [0.2, 0.25) is 5.91 Å². The highest BCUT2D eigenvalue weighted by molar-refractivity contribution is 5.93. The van der Waals surface area contributed by atoms with Gasteiger partial charge < -0.3 is 15.3 Å². The average Bonchev–Trinajstić information content (AvgIpc) is 3.48. The van der Waals surface area contributed by atoms with E-state index in [0.29, 0.717) is 23.1 Å². The summed E-state index contributed by atoms with van der Waals surface area (Å²) in [7, 11) is 0. The molecule has 2 N–H and O–H groups in total. The molecule has 1 amide bonds. The molecule has 8 nitrogen and oxygen atoms in total. The fraction of sp³-hybridized carbons (Fsp3) is 0.391. The van der Waals surface area contributed by atoms with Gasteiger partial charge in [-0.2, -0.15) is 9.78 Å².